The number of carbonyl (C=O) groups excluding carboxylic acids is 1. The van der Waals surface area contributed by atoms with Gasteiger partial charge in [-0.25, -0.2) is 19.6 Å². The highest BCUT2D eigenvalue weighted by Crippen LogP contribution is 2.31. The highest BCUT2D eigenvalue weighted by atomic mass is 16.2. The van der Waals surface area contributed by atoms with Crippen molar-refractivity contribution in [3.05, 3.63) is 37.3 Å². The lowest BCUT2D eigenvalue weighted by atomic mass is 10.2. The number of imidazole rings is 1. The second kappa shape index (κ2) is 6.31. The molecule has 4 aromatic heterocycles. The number of nitrogens with one attached hydrogen (secondary N) is 2. The molecule has 4 aromatic rings. The summed E-state index contributed by atoms with van der Waals surface area (Å²) < 4.78 is 3.43. The summed E-state index contributed by atoms with van der Waals surface area (Å²) in [6, 6.07) is 1.81. The van der Waals surface area contributed by atoms with Gasteiger partial charge in [0.2, 0.25) is 5.91 Å². The van der Waals surface area contributed by atoms with E-state index in [4.69, 9.17) is 0 Å². The van der Waals surface area contributed by atoms with E-state index in [0.29, 0.717) is 23.1 Å². The zero-order chi connectivity index (χ0) is 18.2. The van der Waals surface area contributed by atoms with Gasteiger partial charge in [0.1, 0.15) is 29.9 Å². The van der Waals surface area contributed by atoms with Crippen LogP contribution in [-0.4, -0.2) is 45.4 Å². The summed E-state index contributed by atoms with van der Waals surface area (Å²) in [4.78, 5) is 28.0. The lowest BCUT2D eigenvalue weighted by Crippen LogP contribution is -2.21. The van der Waals surface area contributed by atoms with Crippen molar-refractivity contribution in [3.8, 4) is 11.3 Å². The maximum atomic E-state index is 12.4. The molecule has 27 heavy (non-hydrogen) atoms. The van der Waals surface area contributed by atoms with E-state index in [0.717, 1.165) is 17.6 Å². The molecule has 5 rings (SSSR count). The van der Waals surface area contributed by atoms with Crippen molar-refractivity contribution in [2.24, 2.45) is 5.92 Å². The molecule has 10 nitrogen and oxygen atoms in total. The van der Waals surface area contributed by atoms with Gasteiger partial charge in [-0.15, -0.1) is 0 Å². The van der Waals surface area contributed by atoms with Crippen LogP contribution in [0.4, 0.5) is 5.82 Å². The van der Waals surface area contributed by atoms with E-state index in [9.17, 15) is 4.79 Å². The van der Waals surface area contributed by atoms with Crippen LogP contribution in [0.15, 0.2) is 37.3 Å². The predicted octanol–water partition coefficient (Wildman–Crippen LogP) is 1.46. The fourth-order valence-electron chi connectivity index (χ4n) is 3.02. The van der Waals surface area contributed by atoms with Gasteiger partial charge in [-0.2, -0.15) is 10.2 Å². The van der Waals surface area contributed by atoms with E-state index in [-0.39, 0.29) is 12.5 Å². The van der Waals surface area contributed by atoms with E-state index >= 15 is 0 Å². The molecule has 1 amide bonds. The van der Waals surface area contributed by atoms with Gasteiger partial charge in [0.15, 0.2) is 5.65 Å². The van der Waals surface area contributed by atoms with Gasteiger partial charge in [0.05, 0.1) is 18.7 Å². The number of fused-ring (bicyclic) bond motifs is 1. The lowest BCUT2D eigenvalue weighted by Gasteiger charge is -2.08. The third kappa shape index (κ3) is 3.16. The molecule has 10 heteroatoms. The quantitative estimate of drug-likeness (QED) is 0.535. The van der Waals surface area contributed by atoms with Gasteiger partial charge in [0, 0.05) is 24.4 Å². The van der Waals surface area contributed by atoms with Crippen molar-refractivity contribution < 1.29 is 4.79 Å². The van der Waals surface area contributed by atoms with Crippen molar-refractivity contribution in [2.75, 3.05) is 5.32 Å². The minimum Gasteiger partial charge on any atom is -0.341 e. The van der Waals surface area contributed by atoms with E-state index in [1.54, 1.807) is 29.6 Å². The standard InChI is InChI=1S/C17H17N9O/c27-14(24-13-3-4-22-26(13)6-11-1-2-11)8-25-7-12(5-23-25)15-16-17(20-9-18-15)21-10-19-16/h3-5,7,9-11H,1-2,6,8H2,(H,24,27)(H,18,19,20,21). The van der Waals surface area contributed by atoms with Crippen molar-refractivity contribution in [1.29, 1.82) is 0 Å². The smallest absolute Gasteiger partial charge is 0.247 e. The molecule has 136 valence electrons. The summed E-state index contributed by atoms with van der Waals surface area (Å²) >= 11 is 0. The Morgan fingerprint density at radius 2 is 2.19 bits per heavy atom. The normalized spacial score (nSPS) is 13.9. The predicted molar refractivity (Wildman–Crippen MR) is 96.5 cm³/mol. The first-order valence-corrected chi connectivity index (χ1v) is 8.75. The average molecular weight is 363 g/mol. The van der Waals surface area contributed by atoms with Crippen LogP contribution < -0.4 is 5.32 Å². The monoisotopic (exact) mass is 363 g/mol. The Labute approximate surface area is 153 Å². The zero-order valence-corrected chi connectivity index (χ0v) is 14.4. The first-order chi connectivity index (χ1) is 13.3. The topological polar surface area (TPSA) is 119 Å². The van der Waals surface area contributed by atoms with E-state index in [2.05, 4.69) is 35.5 Å². The molecule has 0 atom stereocenters. The molecule has 1 saturated carbocycles. The number of aromatic amines is 1. The lowest BCUT2D eigenvalue weighted by molar-refractivity contribution is -0.116. The van der Waals surface area contributed by atoms with Crippen LogP contribution in [0, 0.1) is 5.92 Å². The first-order valence-electron chi connectivity index (χ1n) is 8.75. The molecule has 4 heterocycles. The third-order valence-electron chi connectivity index (χ3n) is 4.55. The number of hydrogen-bond acceptors (Lipinski definition) is 6. The Balaban J connectivity index is 1.30. The molecule has 1 fully saturated rings. The minimum atomic E-state index is -0.156. The molecular weight excluding hydrogens is 346 g/mol. The van der Waals surface area contributed by atoms with Crippen LogP contribution in [0.5, 0.6) is 0 Å². The summed E-state index contributed by atoms with van der Waals surface area (Å²) in [5.74, 6) is 1.24. The number of anilines is 1. The fourth-order valence-corrected chi connectivity index (χ4v) is 3.02. The summed E-state index contributed by atoms with van der Waals surface area (Å²) in [6.07, 6.45) is 10.7. The molecule has 1 aliphatic rings. The van der Waals surface area contributed by atoms with Gasteiger partial charge in [-0.3, -0.25) is 9.48 Å². The van der Waals surface area contributed by atoms with E-state index < -0.39 is 0 Å². The SMILES string of the molecule is O=C(Cn1cc(-c2ncnc3nc[nH]c23)cn1)Nc1ccnn1CC1CC1. The first kappa shape index (κ1) is 15.7. The number of H-pyrrole nitrogens is 1. The van der Waals surface area contributed by atoms with Crippen LogP contribution in [-0.2, 0) is 17.9 Å². The summed E-state index contributed by atoms with van der Waals surface area (Å²) in [5, 5.41) is 11.5. The Bertz CT molecular complexity index is 1100. The van der Waals surface area contributed by atoms with Gasteiger partial charge in [0.25, 0.3) is 0 Å². The Morgan fingerprint density at radius 3 is 3.07 bits per heavy atom. The second-order valence-electron chi connectivity index (χ2n) is 6.64. The molecule has 1 aliphatic carbocycles. The van der Waals surface area contributed by atoms with Crippen molar-refractivity contribution in [3.63, 3.8) is 0 Å². The number of amides is 1. The number of aromatic nitrogens is 8. The molecular formula is C17H17N9O. The molecule has 0 aliphatic heterocycles. The van der Waals surface area contributed by atoms with Crippen LogP contribution >= 0.6 is 0 Å². The minimum absolute atomic E-state index is 0.103. The number of rotatable bonds is 6. The van der Waals surface area contributed by atoms with Crippen LogP contribution in [0.2, 0.25) is 0 Å². The largest absolute Gasteiger partial charge is 0.341 e. The molecule has 0 bridgehead atoms. The maximum absolute atomic E-state index is 12.4. The van der Waals surface area contributed by atoms with Crippen LogP contribution in [0.1, 0.15) is 12.8 Å². The molecule has 0 spiro atoms. The highest BCUT2D eigenvalue weighted by Gasteiger charge is 2.23. The maximum Gasteiger partial charge on any atom is 0.247 e. The Kier molecular flexibility index (Phi) is 3.66. The van der Waals surface area contributed by atoms with E-state index in [1.165, 1.54) is 19.2 Å². The third-order valence-corrected chi connectivity index (χ3v) is 4.55. The summed E-state index contributed by atoms with van der Waals surface area (Å²) in [5.41, 5.74) is 2.82. The van der Waals surface area contributed by atoms with Crippen molar-refractivity contribution in [2.45, 2.75) is 25.9 Å². The zero-order valence-electron chi connectivity index (χ0n) is 14.4. The Morgan fingerprint density at radius 1 is 1.26 bits per heavy atom. The molecule has 0 radical (unpaired) electrons. The van der Waals surface area contributed by atoms with Crippen molar-refractivity contribution >= 4 is 22.9 Å². The van der Waals surface area contributed by atoms with E-state index in [1.807, 2.05) is 10.7 Å². The summed E-state index contributed by atoms with van der Waals surface area (Å²) in [7, 11) is 0. The fraction of sp³-hybridized carbons (Fsp3) is 0.294. The average Bonchev–Trinajstić information content (AvgIpc) is 3.03. The second-order valence-corrected chi connectivity index (χ2v) is 6.64. The number of hydrogen-bond donors (Lipinski definition) is 2. The Hall–Kier alpha value is -3.56. The van der Waals surface area contributed by atoms with Crippen molar-refractivity contribution in [1.82, 2.24) is 39.5 Å². The van der Waals surface area contributed by atoms with Gasteiger partial charge in [-0.1, -0.05) is 0 Å². The molecule has 0 unspecified atom stereocenters. The van der Waals surface area contributed by atoms with Gasteiger partial charge < -0.3 is 10.3 Å². The van der Waals surface area contributed by atoms with Crippen LogP contribution in [0.25, 0.3) is 22.4 Å². The van der Waals surface area contributed by atoms with Crippen LogP contribution in [0.3, 0.4) is 0 Å². The highest BCUT2D eigenvalue weighted by molar-refractivity contribution is 5.90. The van der Waals surface area contributed by atoms with Gasteiger partial charge >= 0.3 is 0 Å². The number of carbonyl (C=O) groups is 1. The molecule has 2 N–H and O–H groups in total. The summed E-state index contributed by atoms with van der Waals surface area (Å²) in [6.45, 7) is 0.953. The molecule has 0 aromatic carbocycles. The molecule has 0 saturated heterocycles. The van der Waals surface area contributed by atoms with Gasteiger partial charge in [-0.05, 0) is 18.8 Å². The number of nitrogens with zero attached hydrogens (tertiary/aromatic N) is 7.